The molecular formula is C22H22N6O4S2. The number of ether oxygens (including phenoxy) is 1. The molecule has 4 rings (SSSR count). The van der Waals surface area contributed by atoms with Crippen LogP contribution in [-0.4, -0.2) is 56.1 Å². The number of para-hydroxylation sites is 1. The molecule has 0 aliphatic carbocycles. The van der Waals surface area contributed by atoms with E-state index >= 15 is 0 Å². The molecule has 2 amide bonds. The monoisotopic (exact) mass is 498 g/mol. The molecule has 2 aromatic carbocycles. The first-order valence-electron chi connectivity index (χ1n) is 10.2. The predicted octanol–water partition coefficient (Wildman–Crippen LogP) is 2.63. The Hall–Kier alpha value is -3.48. The van der Waals surface area contributed by atoms with Gasteiger partial charge in [-0.15, -0.1) is 10.2 Å². The van der Waals surface area contributed by atoms with Crippen LogP contribution < -0.4 is 15.4 Å². The second-order valence-electron chi connectivity index (χ2n) is 7.16. The van der Waals surface area contributed by atoms with Gasteiger partial charge in [0.1, 0.15) is 11.8 Å². The summed E-state index contributed by atoms with van der Waals surface area (Å²) in [4.78, 5) is 29.4. The summed E-state index contributed by atoms with van der Waals surface area (Å²) in [7, 11) is 3.26. The van der Waals surface area contributed by atoms with Crippen molar-refractivity contribution >= 4 is 50.3 Å². The molecule has 2 heterocycles. The third kappa shape index (κ3) is 5.35. The Bertz CT molecular complexity index is 1270. The van der Waals surface area contributed by atoms with Gasteiger partial charge in [0.05, 0.1) is 29.7 Å². The quantitative estimate of drug-likeness (QED) is 0.300. The molecule has 10 nitrogen and oxygen atoms in total. The molecule has 2 aromatic heterocycles. The molecule has 4 aromatic rings. The zero-order valence-electron chi connectivity index (χ0n) is 18.4. The lowest BCUT2D eigenvalue weighted by atomic mass is 10.2. The summed E-state index contributed by atoms with van der Waals surface area (Å²) in [5.41, 5.74) is 1.25. The number of hydrogen-bond donors (Lipinski definition) is 3. The van der Waals surface area contributed by atoms with Crippen molar-refractivity contribution in [3.63, 3.8) is 0 Å². The number of methoxy groups -OCH3 is 1. The summed E-state index contributed by atoms with van der Waals surface area (Å²) in [6.45, 7) is -0.364. The highest BCUT2D eigenvalue weighted by Crippen LogP contribution is 2.26. The summed E-state index contributed by atoms with van der Waals surface area (Å²) in [5.74, 6) is 0.522. The van der Waals surface area contributed by atoms with Gasteiger partial charge < -0.3 is 25.0 Å². The fourth-order valence-corrected chi connectivity index (χ4v) is 4.74. The van der Waals surface area contributed by atoms with Crippen molar-refractivity contribution < 1.29 is 19.4 Å². The van der Waals surface area contributed by atoms with Gasteiger partial charge in [-0.25, -0.2) is 4.98 Å². The molecule has 0 spiro atoms. The first-order valence-corrected chi connectivity index (χ1v) is 12.0. The maximum Gasteiger partial charge on any atom is 0.251 e. The number of hydrogen-bond acceptors (Lipinski definition) is 9. The van der Waals surface area contributed by atoms with Gasteiger partial charge in [-0.3, -0.25) is 9.59 Å². The van der Waals surface area contributed by atoms with E-state index in [2.05, 4.69) is 25.8 Å². The molecule has 3 N–H and O–H groups in total. The number of carbonyl (C=O) groups excluding carboxylic acids is 2. The van der Waals surface area contributed by atoms with E-state index in [1.54, 1.807) is 43.0 Å². The van der Waals surface area contributed by atoms with Crippen LogP contribution in [0.2, 0.25) is 0 Å². The molecule has 176 valence electrons. The Labute approximate surface area is 203 Å². The first kappa shape index (κ1) is 23.7. The lowest BCUT2D eigenvalue weighted by molar-refractivity contribution is -0.113. The highest BCUT2D eigenvalue weighted by atomic mass is 32.2. The molecular weight excluding hydrogens is 476 g/mol. The van der Waals surface area contributed by atoms with Crippen LogP contribution in [0.4, 0.5) is 5.13 Å². The standard InChI is InChI=1S/C22H22N6O4S2/c1-28-19(16(11-29)23-20(31)13-7-9-14(32-2)10-8-13)26-27-22(28)33-12-18(30)25-21-24-15-5-3-4-6-17(15)34-21/h3-10,16,29H,11-12H2,1-2H3,(H,23,31)(H,24,25,30)/t16-/m1/s1. The van der Waals surface area contributed by atoms with Gasteiger partial charge in [0, 0.05) is 12.6 Å². The average molecular weight is 499 g/mol. The highest BCUT2D eigenvalue weighted by Gasteiger charge is 2.22. The summed E-state index contributed by atoms with van der Waals surface area (Å²) >= 11 is 2.60. The Kier molecular flexibility index (Phi) is 7.40. The number of thiazole rings is 1. The van der Waals surface area contributed by atoms with Crippen molar-refractivity contribution in [3.8, 4) is 5.75 Å². The highest BCUT2D eigenvalue weighted by molar-refractivity contribution is 7.99. The number of rotatable bonds is 9. The van der Waals surface area contributed by atoms with Crippen LogP contribution in [0.1, 0.15) is 22.2 Å². The van der Waals surface area contributed by atoms with E-state index in [4.69, 9.17) is 4.74 Å². The molecule has 0 bridgehead atoms. The molecule has 34 heavy (non-hydrogen) atoms. The molecule has 12 heteroatoms. The molecule has 1 atom stereocenters. The lowest BCUT2D eigenvalue weighted by Gasteiger charge is -2.16. The van der Waals surface area contributed by atoms with Gasteiger partial charge in [0.25, 0.3) is 5.91 Å². The van der Waals surface area contributed by atoms with Crippen LogP contribution in [0.15, 0.2) is 53.7 Å². The normalized spacial score (nSPS) is 11.9. The van der Waals surface area contributed by atoms with Crippen LogP contribution in [0.25, 0.3) is 10.2 Å². The number of anilines is 1. The SMILES string of the molecule is COc1ccc(C(=O)N[C@H](CO)c2nnc(SCC(=O)Nc3nc4ccccc4s3)n2C)cc1. The average Bonchev–Trinajstić information content (AvgIpc) is 3.43. The third-order valence-electron chi connectivity index (χ3n) is 4.89. The van der Waals surface area contributed by atoms with E-state index < -0.39 is 6.04 Å². The number of benzene rings is 2. The maximum absolute atomic E-state index is 12.6. The number of aromatic nitrogens is 4. The summed E-state index contributed by atoms with van der Waals surface area (Å²) in [6.07, 6.45) is 0. The molecule has 0 fully saturated rings. The van der Waals surface area contributed by atoms with E-state index in [0.29, 0.717) is 27.4 Å². The predicted molar refractivity (Wildman–Crippen MR) is 130 cm³/mol. The van der Waals surface area contributed by atoms with Crippen LogP contribution >= 0.6 is 23.1 Å². The van der Waals surface area contributed by atoms with Gasteiger partial charge in [-0.05, 0) is 36.4 Å². The molecule has 0 unspecified atom stereocenters. The fraction of sp³-hybridized carbons (Fsp3) is 0.227. The Balaban J connectivity index is 1.36. The van der Waals surface area contributed by atoms with Gasteiger partial charge in [-0.1, -0.05) is 35.2 Å². The van der Waals surface area contributed by atoms with Crippen LogP contribution in [0.5, 0.6) is 5.75 Å². The van der Waals surface area contributed by atoms with E-state index in [-0.39, 0.29) is 24.2 Å². The number of aliphatic hydroxyl groups excluding tert-OH is 1. The van der Waals surface area contributed by atoms with E-state index in [0.717, 1.165) is 10.2 Å². The van der Waals surface area contributed by atoms with Crippen LogP contribution in [0, 0.1) is 0 Å². The smallest absolute Gasteiger partial charge is 0.251 e. The minimum absolute atomic E-state index is 0.101. The number of aliphatic hydroxyl groups is 1. The summed E-state index contributed by atoms with van der Waals surface area (Å²) in [5, 5.41) is 24.6. The van der Waals surface area contributed by atoms with Gasteiger partial charge in [0.2, 0.25) is 5.91 Å². The van der Waals surface area contributed by atoms with Gasteiger partial charge in [-0.2, -0.15) is 0 Å². The lowest BCUT2D eigenvalue weighted by Crippen LogP contribution is -2.32. The topological polar surface area (TPSA) is 131 Å². The largest absolute Gasteiger partial charge is 0.497 e. The number of fused-ring (bicyclic) bond motifs is 1. The second-order valence-corrected chi connectivity index (χ2v) is 9.13. The molecule has 0 saturated heterocycles. The minimum atomic E-state index is -0.766. The van der Waals surface area contributed by atoms with Crippen molar-refractivity contribution in [3.05, 3.63) is 59.9 Å². The maximum atomic E-state index is 12.6. The Morgan fingerprint density at radius 3 is 2.65 bits per heavy atom. The van der Waals surface area contributed by atoms with Gasteiger partial charge in [0.15, 0.2) is 16.1 Å². The molecule has 0 radical (unpaired) electrons. The number of nitrogens with one attached hydrogen (secondary N) is 2. The van der Waals surface area contributed by atoms with Crippen LogP contribution in [-0.2, 0) is 11.8 Å². The third-order valence-corrected chi connectivity index (χ3v) is 6.87. The number of carbonyl (C=O) groups is 2. The van der Waals surface area contributed by atoms with Gasteiger partial charge >= 0.3 is 0 Å². The first-order chi connectivity index (χ1) is 16.5. The zero-order chi connectivity index (χ0) is 24.1. The zero-order valence-corrected chi connectivity index (χ0v) is 20.0. The minimum Gasteiger partial charge on any atom is -0.497 e. The van der Waals surface area contributed by atoms with Crippen molar-refractivity contribution in [1.82, 2.24) is 25.1 Å². The summed E-state index contributed by atoms with van der Waals surface area (Å²) in [6, 6.07) is 13.5. The van der Waals surface area contributed by atoms with E-state index in [1.165, 1.54) is 23.1 Å². The van der Waals surface area contributed by atoms with Crippen molar-refractivity contribution in [2.45, 2.75) is 11.2 Å². The molecule has 0 aliphatic rings. The Morgan fingerprint density at radius 1 is 1.18 bits per heavy atom. The van der Waals surface area contributed by atoms with Crippen molar-refractivity contribution in [2.75, 3.05) is 24.8 Å². The van der Waals surface area contributed by atoms with Crippen molar-refractivity contribution in [1.29, 1.82) is 0 Å². The number of amides is 2. The van der Waals surface area contributed by atoms with Crippen molar-refractivity contribution in [2.24, 2.45) is 7.05 Å². The number of nitrogens with zero attached hydrogens (tertiary/aromatic N) is 4. The van der Waals surface area contributed by atoms with Crippen LogP contribution in [0.3, 0.4) is 0 Å². The Morgan fingerprint density at radius 2 is 1.94 bits per heavy atom. The fourth-order valence-electron chi connectivity index (χ4n) is 3.14. The summed E-state index contributed by atoms with van der Waals surface area (Å²) < 4.78 is 7.74. The van der Waals surface area contributed by atoms with E-state index in [9.17, 15) is 14.7 Å². The molecule has 0 aliphatic heterocycles. The second kappa shape index (κ2) is 10.6. The number of thioether (sulfide) groups is 1. The molecule has 0 saturated carbocycles. The van der Waals surface area contributed by atoms with E-state index in [1.807, 2.05) is 24.3 Å².